The standard InChI is InChI=1S/C16H17N3O4S2/c1-2-23-16(22)19-12(20)9-7-8-24-14(9)18-13(21)15-17-10-5-3-4-6-11(10)25-15/h7-8H,2-6H2,1H3,(H,18,21)(H,19,20,22). The third-order valence-corrected chi connectivity index (χ3v) is 5.65. The number of amides is 3. The average molecular weight is 379 g/mol. The Kier molecular flexibility index (Phi) is 5.44. The van der Waals surface area contributed by atoms with Crippen LogP contribution in [0.25, 0.3) is 0 Å². The SMILES string of the molecule is CCOC(=O)NC(=O)c1ccsc1NC(=O)c1nc2c(s1)CCCC2. The Balaban J connectivity index is 1.70. The number of anilines is 1. The largest absolute Gasteiger partial charge is 0.450 e. The van der Waals surface area contributed by atoms with Crippen LogP contribution in [0.1, 0.15) is 50.5 Å². The lowest BCUT2D eigenvalue weighted by atomic mass is 10.0. The van der Waals surface area contributed by atoms with Gasteiger partial charge in [0.1, 0.15) is 5.00 Å². The Labute approximate surface area is 152 Å². The third kappa shape index (κ3) is 4.05. The van der Waals surface area contributed by atoms with E-state index in [4.69, 9.17) is 0 Å². The first-order valence-corrected chi connectivity index (χ1v) is 9.63. The minimum absolute atomic E-state index is 0.168. The number of hydrogen-bond acceptors (Lipinski definition) is 7. The van der Waals surface area contributed by atoms with Crippen LogP contribution in [0.4, 0.5) is 9.80 Å². The predicted octanol–water partition coefficient (Wildman–Crippen LogP) is 3.22. The topological polar surface area (TPSA) is 97.4 Å². The number of imide groups is 1. The molecule has 2 aromatic rings. The molecule has 0 spiro atoms. The van der Waals surface area contributed by atoms with Gasteiger partial charge in [-0.3, -0.25) is 14.9 Å². The van der Waals surface area contributed by atoms with Gasteiger partial charge in [0, 0.05) is 4.88 Å². The van der Waals surface area contributed by atoms with E-state index in [9.17, 15) is 14.4 Å². The van der Waals surface area contributed by atoms with E-state index in [-0.39, 0.29) is 18.1 Å². The van der Waals surface area contributed by atoms with Gasteiger partial charge in [0.2, 0.25) is 0 Å². The minimum Gasteiger partial charge on any atom is -0.450 e. The number of ether oxygens (including phenoxy) is 1. The van der Waals surface area contributed by atoms with Gasteiger partial charge in [0.05, 0.1) is 17.9 Å². The van der Waals surface area contributed by atoms with Gasteiger partial charge in [-0.25, -0.2) is 9.78 Å². The molecule has 25 heavy (non-hydrogen) atoms. The van der Waals surface area contributed by atoms with Crippen LogP contribution >= 0.6 is 22.7 Å². The molecule has 9 heteroatoms. The zero-order chi connectivity index (χ0) is 17.8. The monoisotopic (exact) mass is 379 g/mol. The van der Waals surface area contributed by atoms with Gasteiger partial charge in [0.25, 0.3) is 11.8 Å². The summed E-state index contributed by atoms with van der Waals surface area (Å²) in [6.07, 6.45) is 3.28. The lowest BCUT2D eigenvalue weighted by Gasteiger charge is -2.06. The van der Waals surface area contributed by atoms with Gasteiger partial charge < -0.3 is 10.1 Å². The quantitative estimate of drug-likeness (QED) is 0.850. The highest BCUT2D eigenvalue weighted by molar-refractivity contribution is 7.15. The number of nitrogens with zero attached hydrogens (tertiary/aromatic N) is 1. The smallest absolute Gasteiger partial charge is 0.414 e. The Morgan fingerprint density at radius 2 is 2.04 bits per heavy atom. The van der Waals surface area contributed by atoms with Crippen LogP contribution in [0.3, 0.4) is 0 Å². The fourth-order valence-corrected chi connectivity index (χ4v) is 4.34. The molecule has 132 valence electrons. The highest BCUT2D eigenvalue weighted by atomic mass is 32.1. The summed E-state index contributed by atoms with van der Waals surface area (Å²) in [7, 11) is 0. The number of aryl methyl sites for hydroxylation is 2. The summed E-state index contributed by atoms with van der Waals surface area (Å²) in [5, 5.41) is 7.28. The number of thiazole rings is 1. The Hall–Kier alpha value is -2.26. The lowest BCUT2D eigenvalue weighted by molar-refractivity contribution is 0.0926. The molecule has 0 aliphatic heterocycles. The van der Waals surface area contributed by atoms with Crippen molar-refractivity contribution >= 4 is 45.6 Å². The molecule has 0 atom stereocenters. The summed E-state index contributed by atoms with van der Waals surface area (Å²) in [6, 6.07) is 1.54. The zero-order valence-electron chi connectivity index (χ0n) is 13.6. The van der Waals surface area contributed by atoms with E-state index in [1.807, 2.05) is 0 Å². The summed E-state index contributed by atoms with van der Waals surface area (Å²) in [5.74, 6) is -0.958. The van der Waals surface area contributed by atoms with Crippen molar-refractivity contribution in [2.45, 2.75) is 32.6 Å². The molecule has 0 saturated heterocycles. The van der Waals surface area contributed by atoms with E-state index in [2.05, 4.69) is 20.4 Å². The molecular weight excluding hydrogens is 362 g/mol. The maximum absolute atomic E-state index is 12.4. The summed E-state index contributed by atoms with van der Waals surface area (Å²) in [5.41, 5.74) is 1.22. The van der Waals surface area contributed by atoms with E-state index in [0.29, 0.717) is 10.0 Å². The number of nitrogens with one attached hydrogen (secondary N) is 2. The minimum atomic E-state index is -0.816. The number of aromatic nitrogens is 1. The zero-order valence-corrected chi connectivity index (χ0v) is 15.2. The fraction of sp³-hybridized carbons (Fsp3) is 0.375. The van der Waals surface area contributed by atoms with Gasteiger partial charge >= 0.3 is 6.09 Å². The van der Waals surface area contributed by atoms with E-state index < -0.39 is 12.0 Å². The van der Waals surface area contributed by atoms with E-state index in [1.165, 1.54) is 27.6 Å². The molecule has 2 heterocycles. The molecule has 1 aliphatic rings. The predicted molar refractivity (Wildman–Crippen MR) is 95.5 cm³/mol. The molecule has 0 fully saturated rings. The van der Waals surface area contributed by atoms with Crippen molar-refractivity contribution in [2.75, 3.05) is 11.9 Å². The molecule has 0 unspecified atom stereocenters. The fourth-order valence-electron chi connectivity index (χ4n) is 2.52. The number of alkyl carbamates (subject to hydrolysis) is 1. The molecule has 7 nitrogen and oxygen atoms in total. The van der Waals surface area contributed by atoms with Crippen LogP contribution in [0, 0.1) is 0 Å². The normalized spacial score (nSPS) is 13.0. The van der Waals surface area contributed by atoms with Crippen molar-refractivity contribution < 1.29 is 19.1 Å². The van der Waals surface area contributed by atoms with Crippen molar-refractivity contribution in [2.24, 2.45) is 0 Å². The van der Waals surface area contributed by atoms with E-state index >= 15 is 0 Å². The second-order valence-corrected chi connectivity index (χ2v) is 7.39. The molecule has 0 bridgehead atoms. The van der Waals surface area contributed by atoms with Gasteiger partial charge in [-0.1, -0.05) is 0 Å². The summed E-state index contributed by atoms with van der Waals surface area (Å²) >= 11 is 2.61. The maximum Gasteiger partial charge on any atom is 0.414 e. The second-order valence-electron chi connectivity index (χ2n) is 5.39. The number of fused-ring (bicyclic) bond motifs is 1. The molecule has 2 aromatic heterocycles. The maximum atomic E-state index is 12.4. The van der Waals surface area contributed by atoms with Crippen molar-refractivity contribution in [1.29, 1.82) is 0 Å². The average Bonchev–Trinajstić information content (AvgIpc) is 3.21. The first-order chi connectivity index (χ1) is 12.1. The molecular formula is C16H17N3O4S2. The molecule has 0 radical (unpaired) electrons. The number of carbonyl (C=O) groups excluding carboxylic acids is 3. The van der Waals surface area contributed by atoms with E-state index in [1.54, 1.807) is 18.4 Å². The number of thiophene rings is 1. The molecule has 3 rings (SSSR count). The van der Waals surface area contributed by atoms with Crippen molar-refractivity contribution in [1.82, 2.24) is 10.3 Å². The van der Waals surface area contributed by atoms with Gasteiger partial charge in [-0.15, -0.1) is 22.7 Å². The third-order valence-electron chi connectivity index (χ3n) is 3.67. The van der Waals surface area contributed by atoms with Crippen LogP contribution in [0.5, 0.6) is 0 Å². The summed E-state index contributed by atoms with van der Waals surface area (Å²) in [4.78, 5) is 41.5. The number of rotatable bonds is 4. The Morgan fingerprint density at radius 3 is 2.80 bits per heavy atom. The van der Waals surface area contributed by atoms with Crippen molar-refractivity contribution in [3.8, 4) is 0 Å². The van der Waals surface area contributed by atoms with Crippen molar-refractivity contribution in [3.63, 3.8) is 0 Å². The molecule has 0 saturated carbocycles. The van der Waals surface area contributed by atoms with Gasteiger partial charge in [-0.2, -0.15) is 0 Å². The highest BCUT2D eigenvalue weighted by Gasteiger charge is 2.22. The highest BCUT2D eigenvalue weighted by Crippen LogP contribution is 2.28. The lowest BCUT2D eigenvalue weighted by Crippen LogP contribution is -2.31. The van der Waals surface area contributed by atoms with Crippen molar-refractivity contribution in [3.05, 3.63) is 32.6 Å². The van der Waals surface area contributed by atoms with Crippen LogP contribution in [-0.2, 0) is 17.6 Å². The molecule has 2 N–H and O–H groups in total. The van der Waals surface area contributed by atoms with Crippen LogP contribution in [-0.4, -0.2) is 29.5 Å². The number of hydrogen-bond donors (Lipinski definition) is 2. The Bertz CT molecular complexity index is 789. The summed E-state index contributed by atoms with van der Waals surface area (Å²) < 4.78 is 4.68. The summed E-state index contributed by atoms with van der Waals surface area (Å²) in [6.45, 7) is 1.81. The second kappa shape index (κ2) is 7.75. The van der Waals surface area contributed by atoms with Crippen LogP contribution in [0.15, 0.2) is 11.4 Å². The van der Waals surface area contributed by atoms with E-state index in [0.717, 1.165) is 31.4 Å². The van der Waals surface area contributed by atoms with Crippen LogP contribution < -0.4 is 10.6 Å². The Morgan fingerprint density at radius 1 is 1.24 bits per heavy atom. The van der Waals surface area contributed by atoms with Crippen LogP contribution in [0.2, 0.25) is 0 Å². The molecule has 1 aliphatic carbocycles. The molecule has 3 amide bonds. The molecule has 0 aromatic carbocycles. The van der Waals surface area contributed by atoms with Gasteiger partial charge in [-0.05, 0) is 44.1 Å². The van der Waals surface area contributed by atoms with Gasteiger partial charge in [0.15, 0.2) is 5.01 Å². The number of carbonyl (C=O) groups is 3. The first kappa shape index (κ1) is 17.6. The first-order valence-electron chi connectivity index (χ1n) is 7.94.